The van der Waals surface area contributed by atoms with Crippen molar-refractivity contribution in [3.05, 3.63) is 40.2 Å². The molecule has 0 bridgehead atoms. The SMILES string of the molecule is Cc1cc(C(=O)Nc2nc3c(C)ccc(Cl)c3s2)n(C(C)C)n1. The van der Waals surface area contributed by atoms with Crippen LogP contribution in [0.2, 0.25) is 5.02 Å². The first kappa shape index (κ1) is 16.0. The second-order valence-corrected chi connectivity index (χ2v) is 7.13. The molecule has 0 saturated heterocycles. The molecule has 0 aliphatic rings. The summed E-state index contributed by atoms with van der Waals surface area (Å²) in [5, 5.41) is 8.40. The van der Waals surface area contributed by atoms with Crippen LogP contribution < -0.4 is 5.32 Å². The van der Waals surface area contributed by atoms with E-state index in [1.807, 2.05) is 39.8 Å². The molecule has 7 heteroatoms. The van der Waals surface area contributed by atoms with Crippen molar-refractivity contribution in [2.75, 3.05) is 5.32 Å². The molecule has 3 rings (SSSR count). The van der Waals surface area contributed by atoms with Gasteiger partial charge in [-0.25, -0.2) is 4.98 Å². The number of anilines is 1. The number of nitrogens with zero attached hydrogens (tertiary/aromatic N) is 3. The van der Waals surface area contributed by atoms with Crippen LogP contribution in [0.5, 0.6) is 0 Å². The Morgan fingerprint density at radius 1 is 1.35 bits per heavy atom. The van der Waals surface area contributed by atoms with Crippen molar-refractivity contribution in [2.45, 2.75) is 33.7 Å². The van der Waals surface area contributed by atoms with E-state index in [9.17, 15) is 4.79 Å². The molecule has 1 amide bonds. The van der Waals surface area contributed by atoms with Crippen molar-refractivity contribution in [3.63, 3.8) is 0 Å². The van der Waals surface area contributed by atoms with E-state index in [2.05, 4.69) is 15.4 Å². The monoisotopic (exact) mass is 348 g/mol. The molecule has 120 valence electrons. The van der Waals surface area contributed by atoms with E-state index >= 15 is 0 Å². The highest BCUT2D eigenvalue weighted by atomic mass is 35.5. The van der Waals surface area contributed by atoms with E-state index in [0.29, 0.717) is 15.8 Å². The van der Waals surface area contributed by atoms with E-state index in [0.717, 1.165) is 21.5 Å². The van der Waals surface area contributed by atoms with Crippen LogP contribution in [0.3, 0.4) is 0 Å². The minimum atomic E-state index is -0.216. The Balaban J connectivity index is 1.95. The number of aryl methyl sites for hydroxylation is 2. The van der Waals surface area contributed by atoms with Crippen LogP contribution in [0.15, 0.2) is 18.2 Å². The summed E-state index contributed by atoms with van der Waals surface area (Å²) in [6.07, 6.45) is 0. The lowest BCUT2D eigenvalue weighted by Crippen LogP contribution is -2.18. The molecule has 2 heterocycles. The molecular formula is C16H17ClN4OS. The highest BCUT2D eigenvalue weighted by Crippen LogP contribution is 2.34. The summed E-state index contributed by atoms with van der Waals surface area (Å²) in [6, 6.07) is 5.66. The van der Waals surface area contributed by atoms with Crippen molar-refractivity contribution in [2.24, 2.45) is 0 Å². The number of carbonyl (C=O) groups excluding carboxylic acids is 1. The zero-order valence-corrected chi connectivity index (χ0v) is 14.9. The number of rotatable bonds is 3. The van der Waals surface area contributed by atoms with E-state index in [4.69, 9.17) is 11.6 Å². The number of amides is 1. The predicted molar refractivity (Wildman–Crippen MR) is 94.7 cm³/mol. The Kier molecular flexibility index (Phi) is 4.12. The number of halogens is 1. The Morgan fingerprint density at radius 2 is 2.09 bits per heavy atom. The Hall–Kier alpha value is -1.92. The summed E-state index contributed by atoms with van der Waals surface area (Å²) in [7, 11) is 0. The maximum absolute atomic E-state index is 12.6. The largest absolute Gasteiger partial charge is 0.296 e. The molecule has 2 aromatic heterocycles. The molecule has 5 nitrogen and oxygen atoms in total. The number of carbonyl (C=O) groups is 1. The molecule has 0 spiro atoms. The van der Waals surface area contributed by atoms with Crippen molar-refractivity contribution in [3.8, 4) is 0 Å². The summed E-state index contributed by atoms with van der Waals surface area (Å²) in [4.78, 5) is 17.1. The maximum atomic E-state index is 12.6. The van der Waals surface area contributed by atoms with E-state index in [-0.39, 0.29) is 11.9 Å². The van der Waals surface area contributed by atoms with E-state index in [1.165, 1.54) is 11.3 Å². The van der Waals surface area contributed by atoms with Gasteiger partial charge in [-0.3, -0.25) is 14.8 Å². The van der Waals surface area contributed by atoms with Gasteiger partial charge in [-0.15, -0.1) is 0 Å². The molecule has 0 fully saturated rings. The Morgan fingerprint density at radius 3 is 2.74 bits per heavy atom. The average Bonchev–Trinajstić information content (AvgIpc) is 3.07. The lowest BCUT2D eigenvalue weighted by molar-refractivity contribution is 0.101. The minimum absolute atomic E-state index is 0.108. The van der Waals surface area contributed by atoms with Crippen LogP contribution in [0.25, 0.3) is 10.2 Å². The standard InChI is InChI=1S/C16H17ClN4OS/c1-8(2)21-12(7-10(4)20-21)15(22)19-16-18-13-9(3)5-6-11(17)14(13)23-16/h5-8H,1-4H3,(H,18,19,22). The van der Waals surface area contributed by atoms with Gasteiger partial charge >= 0.3 is 0 Å². The van der Waals surface area contributed by atoms with E-state index in [1.54, 1.807) is 10.7 Å². The highest BCUT2D eigenvalue weighted by molar-refractivity contribution is 7.23. The van der Waals surface area contributed by atoms with Crippen LogP contribution >= 0.6 is 22.9 Å². The van der Waals surface area contributed by atoms with Gasteiger partial charge < -0.3 is 0 Å². The van der Waals surface area contributed by atoms with Gasteiger partial charge in [-0.05, 0) is 45.4 Å². The zero-order valence-electron chi connectivity index (χ0n) is 13.3. The van der Waals surface area contributed by atoms with Gasteiger partial charge in [-0.2, -0.15) is 5.10 Å². The van der Waals surface area contributed by atoms with Gasteiger partial charge in [-0.1, -0.05) is 29.0 Å². The van der Waals surface area contributed by atoms with Gasteiger partial charge in [0, 0.05) is 6.04 Å². The van der Waals surface area contributed by atoms with Crippen molar-refractivity contribution >= 4 is 44.2 Å². The molecule has 1 N–H and O–H groups in total. The fourth-order valence-corrected chi connectivity index (χ4v) is 3.61. The molecule has 0 atom stereocenters. The zero-order chi connectivity index (χ0) is 16.7. The van der Waals surface area contributed by atoms with Crippen molar-refractivity contribution in [1.82, 2.24) is 14.8 Å². The summed E-state index contributed by atoms with van der Waals surface area (Å²) in [5.74, 6) is -0.216. The van der Waals surface area contributed by atoms with Gasteiger partial charge in [0.15, 0.2) is 5.13 Å². The number of fused-ring (bicyclic) bond motifs is 1. The molecule has 1 aromatic carbocycles. The van der Waals surface area contributed by atoms with Crippen LogP contribution in [-0.4, -0.2) is 20.7 Å². The number of hydrogen-bond acceptors (Lipinski definition) is 4. The number of benzene rings is 1. The van der Waals surface area contributed by atoms with Crippen LogP contribution in [0.4, 0.5) is 5.13 Å². The maximum Gasteiger partial charge on any atom is 0.275 e. The van der Waals surface area contributed by atoms with Gasteiger partial charge in [0.05, 0.1) is 20.9 Å². The summed E-state index contributed by atoms with van der Waals surface area (Å²) in [6.45, 7) is 7.83. The quantitative estimate of drug-likeness (QED) is 0.752. The fraction of sp³-hybridized carbons (Fsp3) is 0.312. The minimum Gasteiger partial charge on any atom is -0.296 e. The third-order valence-corrected chi connectivity index (χ3v) is 4.93. The van der Waals surface area contributed by atoms with Crippen molar-refractivity contribution < 1.29 is 4.79 Å². The van der Waals surface area contributed by atoms with Gasteiger partial charge in [0.25, 0.3) is 5.91 Å². The van der Waals surface area contributed by atoms with Crippen molar-refractivity contribution in [1.29, 1.82) is 0 Å². The first-order valence-electron chi connectivity index (χ1n) is 7.30. The third kappa shape index (κ3) is 2.96. The number of thiazole rings is 1. The molecule has 0 aliphatic carbocycles. The Bertz CT molecular complexity index is 858. The van der Waals surface area contributed by atoms with Gasteiger partial charge in [0.2, 0.25) is 0 Å². The summed E-state index contributed by atoms with van der Waals surface area (Å²) < 4.78 is 2.60. The normalized spacial score (nSPS) is 11.4. The smallest absolute Gasteiger partial charge is 0.275 e. The molecule has 0 saturated carbocycles. The van der Waals surface area contributed by atoms with Crippen LogP contribution in [-0.2, 0) is 0 Å². The first-order chi connectivity index (χ1) is 10.9. The van der Waals surface area contributed by atoms with E-state index < -0.39 is 0 Å². The summed E-state index contributed by atoms with van der Waals surface area (Å²) in [5.41, 5.74) is 3.20. The third-order valence-electron chi connectivity index (χ3n) is 3.50. The molecule has 0 aliphatic heterocycles. The highest BCUT2D eigenvalue weighted by Gasteiger charge is 2.18. The lowest BCUT2D eigenvalue weighted by atomic mass is 10.2. The fourth-order valence-electron chi connectivity index (χ4n) is 2.40. The number of nitrogens with one attached hydrogen (secondary N) is 1. The van der Waals surface area contributed by atoms with Gasteiger partial charge in [0.1, 0.15) is 5.69 Å². The van der Waals surface area contributed by atoms with Crippen LogP contribution in [0, 0.1) is 13.8 Å². The predicted octanol–water partition coefficient (Wildman–Crippen LogP) is 4.60. The topological polar surface area (TPSA) is 59.8 Å². The molecule has 0 radical (unpaired) electrons. The number of aromatic nitrogens is 3. The Labute approximate surface area is 143 Å². The molecule has 0 unspecified atom stereocenters. The second-order valence-electron chi connectivity index (χ2n) is 5.72. The van der Waals surface area contributed by atoms with Crippen LogP contribution in [0.1, 0.15) is 41.6 Å². The average molecular weight is 349 g/mol. The molecule has 3 aromatic rings. The first-order valence-corrected chi connectivity index (χ1v) is 8.49. The summed E-state index contributed by atoms with van der Waals surface area (Å²) >= 11 is 7.59. The lowest BCUT2D eigenvalue weighted by Gasteiger charge is -2.09. The second kappa shape index (κ2) is 5.94. The molecular weight excluding hydrogens is 332 g/mol. The number of hydrogen-bond donors (Lipinski definition) is 1. The molecule has 23 heavy (non-hydrogen) atoms.